The monoisotopic (exact) mass is 320 g/mol. The lowest BCUT2D eigenvalue weighted by Gasteiger charge is -2.04. The average molecular weight is 322 g/mol. The first-order valence-electron chi connectivity index (χ1n) is 5.53. The molecule has 2 nitrogen and oxygen atoms in total. The number of imidazole rings is 1. The van der Waals surface area contributed by atoms with Crippen molar-refractivity contribution in [1.82, 2.24) is 9.55 Å². The van der Waals surface area contributed by atoms with Gasteiger partial charge < -0.3 is 4.57 Å². The SMILES string of the molecule is Cn1c(-c2ccccc2Cl)nc2cc(Br)ccc21. The lowest BCUT2D eigenvalue weighted by Crippen LogP contribution is -1.92. The van der Waals surface area contributed by atoms with Crippen LogP contribution in [0.1, 0.15) is 0 Å². The van der Waals surface area contributed by atoms with E-state index in [1.165, 1.54) is 0 Å². The molecule has 0 fully saturated rings. The van der Waals surface area contributed by atoms with E-state index in [0.29, 0.717) is 0 Å². The standard InChI is InChI=1S/C14H10BrClN2/c1-18-13-7-6-9(15)8-12(13)17-14(18)10-4-2-3-5-11(10)16/h2-8H,1H3. The summed E-state index contributed by atoms with van der Waals surface area (Å²) in [6, 6.07) is 13.8. The van der Waals surface area contributed by atoms with Gasteiger partial charge in [0.05, 0.1) is 16.1 Å². The Kier molecular flexibility index (Phi) is 2.88. The molecule has 0 atom stereocenters. The Labute approximate surface area is 118 Å². The first-order chi connectivity index (χ1) is 8.66. The van der Waals surface area contributed by atoms with Crippen LogP contribution in [0.2, 0.25) is 5.02 Å². The molecule has 3 rings (SSSR count). The molecule has 1 heterocycles. The van der Waals surface area contributed by atoms with Crippen LogP contribution in [0.15, 0.2) is 46.9 Å². The van der Waals surface area contributed by atoms with Gasteiger partial charge in [-0.05, 0) is 30.3 Å². The summed E-state index contributed by atoms with van der Waals surface area (Å²) in [7, 11) is 2.00. The van der Waals surface area contributed by atoms with Crippen LogP contribution in [0.4, 0.5) is 0 Å². The largest absolute Gasteiger partial charge is 0.327 e. The Morgan fingerprint density at radius 3 is 2.72 bits per heavy atom. The summed E-state index contributed by atoms with van der Waals surface area (Å²) < 4.78 is 3.09. The maximum absolute atomic E-state index is 6.23. The van der Waals surface area contributed by atoms with Crippen LogP contribution >= 0.6 is 27.5 Å². The van der Waals surface area contributed by atoms with Gasteiger partial charge in [-0.1, -0.05) is 39.7 Å². The predicted molar refractivity (Wildman–Crippen MR) is 78.9 cm³/mol. The van der Waals surface area contributed by atoms with Crippen LogP contribution in [0.25, 0.3) is 22.4 Å². The number of nitrogens with zero attached hydrogens (tertiary/aromatic N) is 2. The molecule has 0 N–H and O–H groups in total. The van der Waals surface area contributed by atoms with E-state index in [-0.39, 0.29) is 0 Å². The van der Waals surface area contributed by atoms with Crippen molar-refractivity contribution >= 4 is 38.6 Å². The fourth-order valence-corrected chi connectivity index (χ4v) is 2.63. The quantitative estimate of drug-likeness (QED) is 0.637. The first-order valence-corrected chi connectivity index (χ1v) is 6.71. The fourth-order valence-electron chi connectivity index (χ4n) is 2.06. The molecule has 90 valence electrons. The Morgan fingerprint density at radius 1 is 1.17 bits per heavy atom. The molecule has 0 spiro atoms. The van der Waals surface area contributed by atoms with Crippen molar-refractivity contribution in [3.63, 3.8) is 0 Å². The number of rotatable bonds is 1. The zero-order valence-corrected chi connectivity index (χ0v) is 12.0. The van der Waals surface area contributed by atoms with Crippen molar-refractivity contribution in [3.05, 3.63) is 52.0 Å². The Balaban J connectivity index is 2.31. The smallest absolute Gasteiger partial charge is 0.142 e. The van der Waals surface area contributed by atoms with Gasteiger partial charge in [0.2, 0.25) is 0 Å². The lowest BCUT2D eigenvalue weighted by molar-refractivity contribution is 0.959. The molecule has 0 unspecified atom stereocenters. The van der Waals surface area contributed by atoms with Crippen LogP contribution in [0, 0.1) is 0 Å². The predicted octanol–water partition coefficient (Wildman–Crippen LogP) is 4.66. The van der Waals surface area contributed by atoms with Gasteiger partial charge in [-0.2, -0.15) is 0 Å². The molecule has 0 aliphatic rings. The van der Waals surface area contributed by atoms with E-state index < -0.39 is 0 Å². The van der Waals surface area contributed by atoms with E-state index in [0.717, 1.165) is 31.9 Å². The first kappa shape index (κ1) is 11.8. The van der Waals surface area contributed by atoms with Crippen molar-refractivity contribution in [1.29, 1.82) is 0 Å². The number of fused-ring (bicyclic) bond motifs is 1. The summed E-state index contributed by atoms with van der Waals surface area (Å²) in [6.07, 6.45) is 0. The molecule has 4 heteroatoms. The van der Waals surface area contributed by atoms with Crippen molar-refractivity contribution in [3.8, 4) is 11.4 Å². The third kappa shape index (κ3) is 1.84. The Hall–Kier alpha value is -1.32. The third-order valence-corrected chi connectivity index (χ3v) is 3.78. The molecular formula is C14H10BrClN2. The molecule has 2 aromatic carbocycles. The summed E-state index contributed by atoms with van der Waals surface area (Å²) in [5, 5.41) is 0.718. The minimum Gasteiger partial charge on any atom is -0.327 e. The van der Waals surface area contributed by atoms with E-state index in [9.17, 15) is 0 Å². The van der Waals surface area contributed by atoms with E-state index >= 15 is 0 Å². The number of halogens is 2. The molecule has 1 aromatic heterocycles. The van der Waals surface area contributed by atoms with Crippen LogP contribution in [-0.2, 0) is 7.05 Å². The zero-order valence-electron chi connectivity index (χ0n) is 9.69. The summed E-state index contributed by atoms with van der Waals surface area (Å²) in [5.41, 5.74) is 3.00. The number of aryl methyl sites for hydroxylation is 1. The minimum atomic E-state index is 0.718. The van der Waals surface area contributed by atoms with E-state index in [1.807, 2.05) is 49.5 Å². The topological polar surface area (TPSA) is 17.8 Å². The molecule has 3 aromatic rings. The van der Waals surface area contributed by atoms with Crippen molar-refractivity contribution in [2.24, 2.45) is 7.05 Å². The van der Waals surface area contributed by atoms with Crippen molar-refractivity contribution < 1.29 is 0 Å². The second-order valence-corrected chi connectivity index (χ2v) is 5.43. The number of hydrogen-bond donors (Lipinski definition) is 0. The summed E-state index contributed by atoms with van der Waals surface area (Å²) in [4.78, 5) is 4.65. The minimum absolute atomic E-state index is 0.718. The van der Waals surface area contributed by atoms with E-state index in [4.69, 9.17) is 11.6 Å². The molecule has 0 radical (unpaired) electrons. The average Bonchev–Trinajstić information content (AvgIpc) is 2.67. The number of aromatic nitrogens is 2. The normalized spacial score (nSPS) is 11.1. The second-order valence-electron chi connectivity index (χ2n) is 4.11. The highest BCUT2D eigenvalue weighted by atomic mass is 79.9. The molecule has 0 bridgehead atoms. The van der Waals surface area contributed by atoms with Crippen LogP contribution in [-0.4, -0.2) is 9.55 Å². The van der Waals surface area contributed by atoms with Crippen LogP contribution in [0.3, 0.4) is 0 Å². The molecule has 0 aliphatic carbocycles. The second kappa shape index (κ2) is 4.41. The highest BCUT2D eigenvalue weighted by molar-refractivity contribution is 9.10. The van der Waals surface area contributed by atoms with Gasteiger partial charge in [0.1, 0.15) is 5.82 Å². The molecule has 0 amide bonds. The molecule has 0 saturated carbocycles. The summed E-state index contributed by atoms with van der Waals surface area (Å²) >= 11 is 9.69. The van der Waals surface area contributed by atoms with Crippen molar-refractivity contribution in [2.75, 3.05) is 0 Å². The molecular weight excluding hydrogens is 312 g/mol. The van der Waals surface area contributed by atoms with E-state index in [2.05, 4.69) is 25.5 Å². The highest BCUT2D eigenvalue weighted by Crippen LogP contribution is 2.30. The van der Waals surface area contributed by atoms with E-state index in [1.54, 1.807) is 0 Å². The Morgan fingerprint density at radius 2 is 1.94 bits per heavy atom. The van der Waals surface area contributed by atoms with Gasteiger partial charge in [-0.15, -0.1) is 0 Å². The van der Waals surface area contributed by atoms with Gasteiger partial charge >= 0.3 is 0 Å². The third-order valence-electron chi connectivity index (χ3n) is 2.96. The number of benzene rings is 2. The van der Waals surface area contributed by atoms with Gasteiger partial charge in [0, 0.05) is 17.1 Å². The summed E-state index contributed by atoms with van der Waals surface area (Å²) in [6.45, 7) is 0. The lowest BCUT2D eigenvalue weighted by atomic mass is 10.2. The van der Waals surface area contributed by atoms with Crippen LogP contribution in [0.5, 0.6) is 0 Å². The van der Waals surface area contributed by atoms with Gasteiger partial charge in [0.25, 0.3) is 0 Å². The van der Waals surface area contributed by atoms with Gasteiger partial charge in [-0.3, -0.25) is 0 Å². The van der Waals surface area contributed by atoms with Gasteiger partial charge in [-0.25, -0.2) is 4.98 Å². The summed E-state index contributed by atoms with van der Waals surface area (Å²) in [5.74, 6) is 0.883. The number of hydrogen-bond acceptors (Lipinski definition) is 1. The highest BCUT2D eigenvalue weighted by Gasteiger charge is 2.12. The maximum atomic E-state index is 6.23. The molecule has 0 saturated heterocycles. The Bertz CT molecular complexity index is 734. The zero-order chi connectivity index (χ0) is 12.7. The molecule has 18 heavy (non-hydrogen) atoms. The van der Waals surface area contributed by atoms with Crippen molar-refractivity contribution in [2.45, 2.75) is 0 Å². The molecule has 0 aliphatic heterocycles. The van der Waals surface area contributed by atoms with Gasteiger partial charge in [0.15, 0.2) is 0 Å². The van der Waals surface area contributed by atoms with Crippen LogP contribution < -0.4 is 0 Å². The fraction of sp³-hybridized carbons (Fsp3) is 0.0714. The maximum Gasteiger partial charge on any atom is 0.142 e.